The van der Waals surface area contributed by atoms with Crippen LogP contribution in [-0.2, 0) is 10.8 Å². The second kappa shape index (κ2) is 5.97. The van der Waals surface area contributed by atoms with Gasteiger partial charge in [-0.3, -0.25) is 4.21 Å². The van der Waals surface area contributed by atoms with Gasteiger partial charge in [-0.2, -0.15) is 0 Å². The Bertz CT molecular complexity index is 209. The SMILES string of the molecule is O=S1CCN(CCCCNC2CC2)CC1. The molecule has 1 saturated carbocycles. The highest BCUT2D eigenvalue weighted by Crippen LogP contribution is 2.18. The number of nitrogens with zero attached hydrogens (tertiary/aromatic N) is 1. The second-order valence-electron chi connectivity index (χ2n) is 4.63. The molecule has 1 aliphatic heterocycles. The Kier molecular flexibility index (Phi) is 4.60. The molecule has 2 fully saturated rings. The number of hydrogen-bond donors (Lipinski definition) is 1. The lowest BCUT2D eigenvalue weighted by Crippen LogP contribution is -2.38. The largest absolute Gasteiger partial charge is 0.314 e. The minimum Gasteiger partial charge on any atom is -0.314 e. The minimum absolute atomic E-state index is 0.522. The summed E-state index contributed by atoms with van der Waals surface area (Å²) >= 11 is 0. The van der Waals surface area contributed by atoms with Gasteiger partial charge in [0.15, 0.2) is 0 Å². The number of nitrogens with one attached hydrogen (secondary N) is 1. The molecule has 1 aliphatic carbocycles. The van der Waals surface area contributed by atoms with Crippen molar-refractivity contribution in [3.05, 3.63) is 0 Å². The van der Waals surface area contributed by atoms with Crippen molar-refractivity contribution in [1.29, 1.82) is 0 Å². The van der Waals surface area contributed by atoms with E-state index in [1.807, 2.05) is 0 Å². The summed E-state index contributed by atoms with van der Waals surface area (Å²) in [6, 6.07) is 0.849. The van der Waals surface area contributed by atoms with E-state index in [0.29, 0.717) is 0 Å². The van der Waals surface area contributed by atoms with E-state index < -0.39 is 10.8 Å². The van der Waals surface area contributed by atoms with Gasteiger partial charge in [0.2, 0.25) is 0 Å². The zero-order chi connectivity index (χ0) is 10.5. The molecule has 0 radical (unpaired) electrons. The fraction of sp³-hybridized carbons (Fsp3) is 1.00. The molecule has 0 unspecified atom stereocenters. The lowest BCUT2D eigenvalue weighted by atomic mass is 10.3. The van der Waals surface area contributed by atoms with E-state index in [2.05, 4.69) is 10.2 Å². The lowest BCUT2D eigenvalue weighted by Gasteiger charge is -2.25. The molecule has 4 heteroatoms. The third kappa shape index (κ3) is 4.62. The third-order valence-corrected chi connectivity index (χ3v) is 4.46. The highest BCUT2D eigenvalue weighted by Gasteiger charge is 2.19. The van der Waals surface area contributed by atoms with Gasteiger partial charge in [-0.1, -0.05) is 0 Å². The van der Waals surface area contributed by atoms with Crippen LogP contribution in [0.2, 0.25) is 0 Å². The van der Waals surface area contributed by atoms with Crippen LogP contribution in [0.3, 0.4) is 0 Å². The highest BCUT2D eigenvalue weighted by atomic mass is 32.2. The molecule has 0 atom stereocenters. The third-order valence-electron chi connectivity index (χ3n) is 3.18. The summed E-state index contributed by atoms with van der Waals surface area (Å²) in [5.41, 5.74) is 0. The molecule has 0 amide bonds. The van der Waals surface area contributed by atoms with Crippen LogP contribution >= 0.6 is 0 Å². The fourth-order valence-electron chi connectivity index (χ4n) is 1.95. The number of unbranched alkanes of at least 4 members (excludes halogenated alkanes) is 1. The molecule has 1 N–H and O–H groups in total. The Hall–Kier alpha value is 0.0700. The smallest absolute Gasteiger partial charge is 0.0363 e. The fourth-order valence-corrected chi connectivity index (χ4v) is 3.08. The summed E-state index contributed by atoms with van der Waals surface area (Å²) < 4.78 is 11.1. The molecule has 1 heterocycles. The van der Waals surface area contributed by atoms with Crippen molar-refractivity contribution in [2.75, 3.05) is 37.7 Å². The molecule has 15 heavy (non-hydrogen) atoms. The van der Waals surface area contributed by atoms with Gasteiger partial charge in [0.25, 0.3) is 0 Å². The Labute approximate surface area is 95.1 Å². The predicted molar refractivity (Wildman–Crippen MR) is 64.6 cm³/mol. The molecule has 2 rings (SSSR count). The van der Waals surface area contributed by atoms with Crippen LogP contribution in [0.5, 0.6) is 0 Å². The van der Waals surface area contributed by atoms with Crippen LogP contribution in [0.1, 0.15) is 25.7 Å². The predicted octanol–water partition coefficient (Wildman–Crippen LogP) is 0.583. The summed E-state index contributed by atoms with van der Waals surface area (Å²) in [5.74, 6) is 1.78. The topological polar surface area (TPSA) is 32.3 Å². The standard InChI is InChI=1S/C11H22N2OS/c14-15-9-7-13(8-10-15)6-2-1-5-12-11-3-4-11/h11-12H,1-10H2. The van der Waals surface area contributed by atoms with Crippen molar-refractivity contribution >= 4 is 10.8 Å². The summed E-state index contributed by atoms with van der Waals surface area (Å²) in [7, 11) is -0.522. The van der Waals surface area contributed by atoms with Crippen molar-refractivity contribution in [2.45, 2.75) is 31.7 Å². The van der Waals surface area contributed by atoms with Crippen LogP contribution in [0, 0.1) is 0 Å². The first kappa shape index (κ1) is 11.6. The Morgan fingerprint density at radius 2 is 1.93 bits per heavy atom. The first-order valence-corrected chi connectivity index (χ1v) is 7.64. The van der Waals surface area contributed by atoms with Crippen molar-refractivity contribution in [3.8, 4) is 0 Å². The summed E-state index contributed by atoms with van der Waals surface area (Å²) in [6.45, 7) is 4.47. The van der Waals surface area contributed by atoms with Gasteiger partial charge < -0.3 is 10.2 Å². The van der Waals surface area contributed by atoms with Crippen LogP contribution in [0.25, 0.3) is 0 Å². The van der Waals surface area contributed by atoms with E-state index in [0.717, 1.165) is 30.6 Å². The van der Waals surface area contributed by atoms with Gasteiger partial charge in [-0.05, 0) is 38.8 Å². The van der Waals surface area contributed by atoms with Gasteiger partial charge in [-0.15, -0.1) is 0 Å². The molecule has 0 aromatic carbocycles. The van der Waals surface area contributed by atoms with E-state index in [1.54, 1.807) is 0 Å². The Balaban J connectivity index is 1.44. The van der Waals surface area contributed by atoms with Gasteiger partial charge in [-0.25, -0.2) is 0 Å². The number of hydrogen-bond acceptors (Lipinski definition) is 3. The van der Waals surface area contributed by atoms with Crippen molar-refractivity contribution in [1.82, 2.24) is 10.2 Å². The zero-order valence-electron chi connectivity index (χ0n) is 9.41. The second-order valence-corrected chi connectivity index (χ2v) is 6.32. The normalized spacial score (nSPS) is 24.5. The van der Waals surface area contributed by atoms with Crippen LogP contribution in [0.4, 0.5) is 0 Å². The average molecular weight is 230 g/mol. The van der Waals surface area contributed by atoms with E-state index in [-0.39, 0.29) is 0 Å². The minimum atomic E-state index is -0.522. The summed E-state index contributed by atoms with van der Waals surface area (Å²) in [4.78, 5) is 2.46. The average Bonchev–Trinajstić information content (AvgIpc) is 3.04. The van der Waals surface area contributed by atoms with Crippen molar-refractivity contribution < 1.29 is 4.21 Å². The quantitative estimate of drug-likeness (QED) is 0.678. The maximum Gasteiger partial charge on any atom is 0.0363 e. The van der Waals surface area contributed by atoms with Gasteiger partial charge >= 0.3 is 0 Å². The molecular formula is C11H22N2OS. The molecule has 0 aromatic heterocycles. The maximum atomic E-state index is 11.1. The highest BCUT2D eigenvalue weighted by molar-refractivity contribution is 7.85. The summed E-state index contributed by atoms with van der Waals surface area (Å²) in [5, 5.41) is 3.53. The first-order valence-electron chi connectivity index (χ1n) is 6.15. The van der Waals surface area contributed by atoms with E-state index in [9.17, 15) is 4.21 Å². The van der Waals surface area contributed by atoms with E-state index in [4.69, 9.17) is 0 Å². The van der Waals surface area contributed by atoms with Gasteiger partial charge in [0, 0.05) is 41.4 Å². The van der Waals surface area contributed by atoms with Crippen LogP contribution in [0.15, 0.2) is 0 Å². The number of rotatable bonds is 6. The molecule has 3 nitrogen and oxygen atoms in total. The Morgan fingerprint density at radius 1 is 1.20 bits per heavy atom. The molecular weight excluding hydrogens is 208 g/mol. The molecule has 0 bridgehead atoms. The summed E-state index contributed by atoms with van der Waals surface area (Å²) in [6.07, 6.45) is 5.35. The maximum absolute atomic E-state index is 11.1. The van der Waals surface area contributed by atoms with Crippen LogP contribution < -0.4 is 5.32 Å². The zero-order valence-corrected chi connectivity index (χ0v) is 10.2. The first-order chi connectivity index (χ1) is 7.34. The Morgan fingerprint density at radius 3 is 2.60 bits per heavy atom. The van der Waals surface area contributed by atoms with Gasteiger partial charge in [0.1, 0.15) is 0 Å². The molecule has 2 aliphatic rings. The van der Waals surface area contributed by atoms with Crippen molar-refractivity contribution in [3.63, 3.8) is 0 Å². The van der Waals surface area contributed by atoms with Crippen molar-refractivity contribution in [2.24, 2.45) is 0 Å². The van der Waals surface area contributed by atoms with Gasteiger partial charge in [0.05, 0.1) is 0 Å². The monoisotopic (exact) mass is 230 g/mol. The van der Waals surface area contributed by atoms with Crippen LogP contribution in [-0.4, -0.2) is 52.8 Å². The molecule has 0 aromatic rings. The lowest BCUT2D eigenvalue weighted by molar-refractivity contribution is 0.292. The molecule has 88 valence electrons. The van der Waals surface area contributed by atoms with E-state index in [1.165, 1.54) is 38.8 Å². The molecule has 0 spiro atoms. The molecule has 1 saturated heterocycles. The van der Waals surface area contributed by atoms with E-state index >= 15 is 0 Å².